The molecule has 10 nitrogen and oxygen atoms in total. The molecule has 0 aromatic heterocycles. The van der Waals surface area contributed by atoms with Crippen LogP contribution in [0.3, 0.4) is 0 Å². The van der Waals surface area contributed by atoms with E-state index < -0.39 is 23.9 Å². The maximum Gasteiger partial charge on any atom is 2.00 e. The summed E-state index contributed by atoms with van der Waals surface area (Å²) in [6.45, 7) is 0. The molecule has 0 unspecified atom stereocenters. The number of amides is 4. The van der Waals surface area contributed by atoms with Gasteiger partial charge in [-0.15, -0.1) is 0 Å². The molecule has 0 spiro atoms. The van der Waals surface area contributed by atoms with Crippen molar-refractivity contribution >= 4 is 23.6 Å². The molecule has 41 heavy (non-hydrogen) atoms. The van der Waals surface area contributed by atoms with Crippen molar-refractivity contribution in [1.82, 2.24) is 21.5 Å². The number of hydrogen-bond acceptors (Lipinski definition) is 6. The SMILES string of the molecule is NNC(=O)[C@H](Cc1ccccc1)NC(=O)[C]1[CH][CH][CH][CH]1.NNC(=O)[C@H](Cc1ccccc1)NC(=O)[C]1[CH][CH][CH][CH]1.[Fe+2]. The molecular weight excluding hydrogens is 564 g/mol. The summed E-state index contributed by atoms with van der Waals surface area (Å²) in [7, 11) is 0. The largest absolute Gasteiger partial charge is 2.00 e. The summed E-state index contributed by atoms with van der Waals surface area (Å²) >= 11 is 0. The predicted molar refractivity (Wildman–Crippen MR) is 150 cm³/mol. The fourth-order valence-electron chi connectivity index (χ4n) is 3.85. The summed E-state index contributed by atoms with van der Waals surface area (Å²) in [5, 5.41) is 5.38. The van der Waals surface area contributed by atoms with Crippen molar-refractivity contribution in [2.24, 2.45) is 11.7 Å². The van der Waals surface area contributed by atoms with E-state index >= 15 is 0 Å². The minimum Gasteiger partial charge on any atom is -0.343 e. The third kappa shape index (κ3) is 11.3. The Morgan fingerprint density at radius 1 is 0.561 bits per heavy atom. The zero-order valence-corrected chi connectivity index (χ0v) is 23.2. The van der Waals surface area contributed by atoms with Crippen LogP contribution >= 0.6 is 0 Å². The van der Waals surface area contributed by atoms with Gasteiger partial charge in [-0.05, 0) is 62.5 Å². The van der Waals surface area contributed by atoms with Crippen molar-refractivity contribution in [3.05, 3.63) is 135 Å². The first kappa shape index (κ1) is 34.0. The Kier molecular flexibility index (Phi) is 15.1. The molecule has 2 aliphatic rings. The zero-order valence-electron chi connectivity index (χ0n) is 22.1. The fourth-order valence-corrected chi connectivity index (χ4v) is 3.85. The number of carbonyl (C=O) groups excluding carboxylic acids is 4. The van der Waals surface area contributed by atoms with E-state index in [4.69, 9.17) is 11.7 Å². The van der Waals surface area contributed by atoms with Crippen LogP contribution in [0.2, 0.25) is 0 Å². The standard InChI is InChI=1S/2C15H16N3O2.Fe/c2*16-18-15(20)13(10-11-6-2-1-3-7-11)17-14(19)12-8-4-5-9-12;/h2*1-9,13H,10,16H2,(H,17,19)(H,18,20);/q;;+2/t2*13-;/m00./s1. The summed E-state index contributed by atoms with van der Waals surface area (Å²) in [6.07, 6.45) is 14.6. The molecule has 4 rings (SSSR count). The predicted octanol–water partition coefficient (Wildman–Crippen LogP) is 0.216. The third-order valence-electron chi connectivity index (χ3n) is 5.94. The van der Waals surface area contributed by atoms with Gasteiger partial charge in [0.05, 0.1) is 11.8 Å². The number of benzene rings is 2. The normalized spacial score (nSPS) is 16.2. The molecule has 0 aliphatic heterocycles. The molecule has 10 radical (unpaired) electrons. The smallest absolute Gasteiger partial charge is 0.343 e. The van der Waals surface area contributed by atoms with Crippen LogP contribution in [0.25, 0.3) is 0 Å². The second-order valence-electron chi connectivity index (χ2n) is 8.80. The Morgan fingerprint density at radius 2 is 0.878 bits per heavy atom. The van der Waals surface area contributed by atoms with Crippen LogP contribution in [-0.4, -0.2) is 35.7 Å². The maximum atomic E-state index is 12.0. The van der Waals surface area contributed by atoms with E-state index in [9.17, 15) is 19.2 Å². The van der Waals surface area contributed by atoms with Gasteiger partial charge in [0, 0.05) is 12.8 Å². The van der Waals surface area contributed by atoms with E-state index in [-0.39, 0.29) is 28.9 Å². The van der Waals surface area contributed by atoms with Crippen LogP contribution in [0.15, 0.2) is 60.7 Å². The summed E-state index contributed by atoms with van der Waals surface area (Å²) in [5.74, 6) is 9.95. The van der Waals surface area contributed by atoms with E-state index in [1.165, 1.54) is 0 Å². The zero-order chi connectivity index (χ0) is 28.7. The first-order valence-corrected chi connectivity index (χ1v) is 12.5. The van der Waals surface area contributed by atoms with Crippen molar-refractivity contribution in [2.45, 2.75) is 24.9 Å². The quantitative estimate of drug-likeness (QED) is 0.0993. The fraction of sp³-hybridized carbons (Fsp3) is 0.133. The summed E-state index contributed by atoms with van der Waals surface area (Å²) in [4.78, 5) is 47.5. The molecule has 0 saturated heterocycles. The minimum absolute atomic E-state index is 0. The van der Waals surface area contributed by atoms with Gasteiger partial charge in [-0.2, -0.15) is 0 Å². The van der Waals surface area contributed by atoms with Crippen LogP contribution in [-0.2, 0) is 49.1 Å². The van der Waals surface area contributed by atoms with Crippen molar-refractivity contribution in [1.29, 1.82) is 0 Å². The van der Waals surface area contributed by atoms with Gasteiger partial charge in [0.25, 0.3) is 11.8 Å². The summed E-state index contributed by atoms with van der Waals surface area (Å²) in [5.41, 5.74) is 6.06. The van der Waals surface area contributed by atoms with Gasteiger partial charge in [-0.3, -0.25) is 30.0 Å². The molecule has 0 bridgehead atoms. The molecule has 2 saturated carbocycles. The number of carbonyl (C=O) groups is 4. The van der Waals surface area contributed by atoms with Gasteiger partial charge >= 0.3 is 17.1 Å². The van der Waals surface area contributed by atoms with Gasteiger partial charge in [0.2, 0.25) is 11.8 Å². The number of hydrazine groups is 2. The molecule has 0 heterocycles. The van der Waals surface area contributed by atoms with E-state index in [0.717, 1.165) is 11.1 Å². The number of rotatable bonds is 10. The monoisotopic (exact) mass is 596 g/mol. The first-order chi connectivity index (χ1) is 19.4. The third-order valence-corrected chi connectivity index (χ3v) is 5.94. The van der Waals surface area contributed by atoms with E-state index in [1.54, 1.807) is 51.4 Å². The van der Waals surface area contributed by atoms with Crippen molar-refractivity contribution < 1.29 is 36.2 Å². The van der Waals surface area contributed by atoms with Crippen LogP contribution in [0, 0.1) is 63.2 Å². The maximum absolute atomic E-state index is 12.0. The van der Waals surface area contributed by atoms with Gasteiger partial charge < -0.3 is 10.6 Å². The summed E-state index contributed by atoms with van der Waals surface area (Å²) in [6, 6.07) is 17.5. The average Bonchev–Trinajstić information content (AvgIpc) is 3.72. The topological polar surface area (TPSA) is 168 Å². The van der Waals surface area contributed by atoms with E-state index in [2.05, 4.69) is 21.5 Å². The number of nitrogens with one attached hydrogen (secondary N) is 4. The molecule has 212 valence electrons. The van der Waals surface area contributed by atoms with Crippen LogP contribution < -0.4 is 33.2 Å². The second-order valence-corrected chi connectivity index (χ2v) is 8.80. The molecule has 2 aromatic carbocycles. The molecule has 2 atom stereocenters. The number of hydrogen-bond donors (Lipinski definition) is 6. The molecule has 2 aliphatic carbocycles. The molecule has 4 amide bonds. The van der Waals surface area contributed by atoms with Gasteiger partial charge in [0.15, 0.2) is 0 Å². The minimum atomic E-state index is -0.704. The van der Waals surface area contributed by atoms with Gasteiger partial charge in [0.1, 0.15) is 12.1 Å². The molecule has 8 N–H and O–H groups in total. The van der Waals surface area contributed by atoms with Crippen molar-refractivity contribution in [3.63, 3.8) is 0 Å². The summed E-state index contributed by atoms with van der Waals surface area (Å²) < 4.78 is 0. The van der Waals surface area contributed by atoms with Crippen LogP contribution in [0.4, 0.5) is 0 Å². The number of nitrogens with two attached hydrogens (primary N) is 2. The van der Waals surface area contributed by atoms with E-state index in [0.29, 0.717) is 24.7 Å². The van der Waals surface area contributed by atoms with Gasteiger partial charge in [-0.1, -0.05) is 60.7 Å². The van der Waals surface area contributed by atoms with Crippen LogP contribution in [0.5, 0.6) is 0 Å². The Bertz CT molecular complexity index is 1010. The van der Waals surface area contributed by atoms with Crippen molar-refractivity contribution in [2.75, 3.05) is 0 Å². The Balaban J connectivity index is 0.000000280. The first-order valence-electron chi connectivity index (χ1n) is 12.5. The second kappa shape index (κ2) is 18.2. The Labute approximate surface area is 252 Å². The molecule has 11 heteroatoms. The molecule has 2 fully saturated rings. The Morgan fingerprint density at radius 3 is 1.17 bits per heavy atom. The molecule has 2 aromatic rings. The Hall–Kier alpha value is -3.24. The van der Waals surface area contributed by atoms with Crippen molar-refractivity contribution in [3.8, 4) is 0 Å². The van der Waals surface area contributed by atoms with E-state index in [1.807, 2.05) is 60.7 Å². The van der Waals surface area contributed by atoms with Crippen LogP contribution in [0.1, 0.15) is 11.1 Å². The average molecular weight is 596 g/mol. The molecular formula is C30H32FeN6O4+2. The van der Waals surface area contributed by atoms with Gasteiger partial charge in [-0.25, -0.2) is 11.7 Å².